The molecular formula is C20H16ClNS. The molecule has 0 aliphatic carbocycles. The molecule has 0 N–H and O–H groups in total. The van der Waals surface area contributed by atoms with Gasteiger partial charge in [0.15, 0.2) is 0 Å². The largest absolute Gasteiger partial charge is 0.195 e. The molecule has 0 aliphatic rings. The van der Waals surface area contributed by atoms with E-state index in [9.17, 15) is 0 Å². The molecule has 3 heteroatoms. The van der Waals surface area contributed by atoms with E-state index in [2.05, 4.69) is 59.4 Å². The van der Waals surface area contributed by atoms with Gasteiger partial charge in [0.2, 0.25) is 0 Å². The predicted octanol–water partition coefficient (Wildman–Crippen LogP) is 6.29. The summed E-state index contributed by atoms with van der Waals surface area (Å²) in [7, 11) is 0. The van der Waals surface area contributed by atoms with Crippen LogP contribution in [0.2, 0.25) is 5.02 Å². The van der Waals surface area contributed by atoms with Gasteiger partial charge in [-0.3, -0.25) is 0 Å². The number of hydrogen-bond donors (Lipinski definition) is 0. The van der Waals surface area contributed by atoms with Crippen molar-refractivity contribution in [3.8, 4) is 11.8 Å². The molecule has 114 valence electrons. The van der Waals surface area contributed by atoms with E-state index in [-0.39, 0.29) is 0 Å². The molecule has 2 aromatic rings. The fraction of sp³-hybridized carbons (Fsp3) is 0.150. The number of unbranched alkanes of at least 4 members (excludes halogenated alkanes) is 1. The van der Waals surface area contributed by atoms with E-state index < -0.39 is 0 Å². The van der Waals surface area contributed by atoms with Crippen LogP contribution in [0.5, 0.6) is 0 Å². The van der Waals surface area contributed by atoms with Gasteiger partial charge in [-0.2, -0.15) is 4.99 Å². The minimum Gasteiger partial charge on any atom is -0.195 e. The summed E-state index contributed by atoms with van der Waals surface area (Å²) in [5.41, 5.74) is 3.55. The molecule has 0 saturated heterocycles. The highest BCUT2D eigenvalue weighted by atomic mass is 35.5. The van der Waals surface area contributed by atoms with Crippen molar-refractivity contribution in [1.82, 2.24) is 0 Å². The Labute approximate surface area is 147 Å². The number of thiocarbonyl (C=S) groups is 1. The molecule has 0 radical (unpaired) electrons. The maximum atomic E-state index is 6.24. The Morgan fingerprint density at radius 2 is 1.91 bits per heavy atom. The van der Waals surface area contributed by atoms with Crippen molar-refractivity contribution < 1.29 is 0 Å². The summed E-state index contributed by atoms with van der Waals surface area (Å²) in [6.07, 6.45) is 6.49. The maximum Gasteiger partial charge on any atom is 0.0755 e. The summed E-state index contributed by atoms with van der Waals surface area (Å²) in [6.45, 7) is 2.16. The normalized spacial score (nSPS) is 10.0. The van der Waals surface area contributed by atoms with Crippen LogP contribution >= 0.6 is 23.8 Å². The molecule has 0 atom stereocenters. The van der Waals surface area contributed by atoms with Crippen LogP contribution in [0.3, 0.4) is 0 Å². The van der Waals surface area contributed by atoms with E-state index in [0.29, 0.717) is 10.7 Å². The fourth-order valence-electron chi connectivity index (χ4n) is 2.00. The van der Waals surface area contributed by atoms with Crippen molar-refractivity contribution in [2.75, 3.05) is 0 Å². The van der Waals surface area contributed by atoms with Crippen LogP contribution in [0.4, 0.5) is 5.69 Å². The zero-order valence-electron chi connectivity index (χ0n) is 12.8. The van der Waals surface area contributed by atoms with Gasteiger partial charge >= 0.3 is 0 Å². The van der Waals surface area contributed by atoms with Gasteiger partial charge in [-0.15, -0.1) is 0 Å². The van der Waals surface area contributed by atoms with E-state index in [1.165, 1.54) is 0 Å². The van der Waals surface area contributed by atoms with Gasteiger partial charge in [-0.25, -0.2) is 0 Å². The highest BCUT2D eigenvalue weighted by Crippen LogP contribution is 2.22. The van der Waals surface area contributed by atoms with Crippen LogP contribution in [-0.4, -0.2) is 5.16 Å². The van der Waals surface area contributed by atoms with Crippen LogP contribution in [0.1, 0.15) is 36.5 Å². The molecule has 0 unspecified atom stereocenters. The summed E-state index contributed by atoms with van der Waals surface area (Å²) in [6, 6.07) is 13.5. The predicted molar refractivity (Wildman–Crippen MR) is 103 cm³/mol. The third-order valence-corrected chi connectivity index (χ3v) is 3.58. The molecule has 2 aromatic carbocycles. The van der Waals surface area contributed by atoms with Crippen LogP contribution in [-0.2, 0) is 0 Å². The quantitative estimate of drug-likeness (QED) is 0.363. The molecule has 0 heterocycles. The standard InChI is InChI=1S/C20H16ClNS/c1-2-3-4-7-16-8-5-6-9-17(16)10-11-18-12-13-19(22-15-23)14-20(18)21/h4-9,12-14H,2-3H2,1H3. The third-order valence-electron chi connectivity index (χ3n) is 3.17. The smallest absolute Gasteiger partial charge is 0.0755 e. The lowest BCUT2D eigenvalue weighted by atomic mass is 10.1. The first kappa shape index (κ1) is 17.2. The monoisotopic (exact) mass is 337 g/mol. The van der Waals surface area contributed by atoms with Crippen molar-refractivity contribution in [3.63, 3.8) is 0 Å². The fourth-order valence-corrected chi connectivity index (χ4v) is 2.32. The highest BCUT2D eigenvalue weighted by Gasteiger charge is 1.99. The number of isothiocyanates is 1. The Morgan fingerprint density at radius 3 is 2.65 bits per heavy atom. The van der Waals surface area contributed by atoms with E-state index in [1.54, 1.807) is 6.07 Å². The molecule has 0 aliphatic heterocycles. The number of rotatable bonds is 4. The Hall–Kier alpha value is -2.17. The Balaban J connectivity index is 2.30. The van der Waals surface area contributed by atoms with Gasteiger partial charge < -0.3 is 0 Å². The van der Waals surface area contributed by atoms with Gasteiger partial charge in [-0.1, -0.05) is 67.1 Å². The first-order valence-corrected chi connectivity index (χ1v) is 8.18. The van der Waals surface area contributed by atoms with Crippen molar-refractivity contribution in [1.29, 1.82) is 0 Å². The van der Waals surface area contributed by atoms with Gasteiger partial charge in [0.25, 0.3) is 0 Å². The average molecular weight is 338 g/mol. The molecular weight excluding hydrogens is 322 g/mol. The molecule has 0 bridgehead atoms. The average Bonchev–Trinajstić information content (AvgIpc) is 2.56. The molecule has 23 heavy (non-hydrogen) atoms. The molecule has 2 rings (SSSR count). The summed E-state index contributed by atoms with van der Waals surface area (Å²) >= 11 is 10.8. The van der Waals surface area contributed by atoms with E-state index in [1.807, 2.05) is 30.3 Å². The highest BCUT2D eigenvalue weighted by molar-refractivity contribution is 7.78. The molecule has 0 spiro atoms. The van der Waals surface area contributed by atoms with Gasteiger partial charge in [0.05, 0.1) is 15.9 Å². The Morgan fingerprint density at radius 1 is 1.13 bits per heavy atom. The van der Waals surface area contributed by atoms with Crippen molar-refractivity contribution >= 4 is 40.7 Å². The van der Waals surface area contributed by atoms with Crippen molar-refractivity contribution in [2.45, 2.75) is 19.8 Å². The number of nitrogens with zero attached hydrogens (tertiary/aromatic N) is 1. The van der Waals surface area contributed by atoms with Crippen LogP contribution < -0.4 is 0 Å². The molecule has 0 amide bonds. The SMILES string of the molecule is CCCC=Cc1ccccc1C#Cc1ccc(N=C=S)cc1Cl. The second-order valence-corrected chi connectivity index (χ2v) is 5.49. The molecule has 1 nitrogen and oxygen atoms in total. The number of benzene rings is 2. The molecule has 0 fully saturated rings. The lowest BCUT2D eigenvalue weighted by Gasteiger charge is -1.99. The van der Waals surface area contributed by atoms with E-state index >= 15 is 0 Å². The maximum absolute atomic E-state index is 6.24. The second-order valence-electron chi connectivity index (χ2n) is 4.90. The lowest BCUT2D eigenvalue weighted by Crippen LogP contribution is -1.82. The van der Waals surface area contributed by atoms with Crippen LogP contribution in [0, 0.1) is 11.8 Å². The third kappa shape index (κ3) is 5.20. The summed E-state index contributed by atoms with van der Waals surface area (Å²) in [4.78, 5) is 3.91. The zero-order chi connectivity index (χ0) is 16.5. The van der Waals surface area contributed by atoms with Crippen LogP contribution in [0.15, 0.2) is 53.5 Å². The Kier molecular flexibility index (Phi) is 6.78. The summed E-state index contributed by atoms with van der Waals surface area (Å²) in [5.74, 6) is 6.32. The lowest BCUT2D eigenvalue weighted by molar-refractivity contribution is 0.962. The minimum atomic E-state index is 0.558. The zero-order valence-corrected chi connectivity index (χ0v) is 14.4. The van der Waals surface area contributed by atoms with Gasteiger partial charge in [0.1, 0.15) is 0 Å². The van der Waals surface area contributed by atoms with Crippen molar-refractivity contribution in [2.24, 2.45) is 4.99 Å². The van der Waals surface area contributed by atoms with E-state index in [4.69, 9.17) is 11.6 Å². The van der Waals surface area contributed by atoms with Gasteiger partial charge in [0, 0.05) is 11.1 Å². The number of hydrogen-bond acceptors (Lipinski definition) is 2. The minimum absolute atomic E-state index is 0.558. The topological polar surface area (TPSA) is 12.4 Å². The number of allylic oxidation sites excluding steroid dienone is 1. The number of halogens is 1. The second kappa shape index (κ2) is 9.08. The van der Waals surface area contributed by atoms with Gasteiger partial charge in [-0.05, 0) is 48.5 Å². The first-order valence-electron chi connectivity index (χ1n) is 7.39. The van der Waals surface area contributed by atoms with Crippen molar-refractivity contribution in [3.05, 3.63) is 70.3 Å². The Bertz CT molecular complexity index is 821. The molecule has 0 saturated carbocycles. The van der Waals surface area contributed by atoms with Crippen LogP contribution in [0.25, 0.3) is 6.08 Å². The first-order chi connectivity index (χ1) is 11.2. The molecule has 0 aromatic heterocycles. The summed E-state index contributed by atoms with van der Waals surface area (Å²) < 4.78 is 0. The number of aliphatic imine (C=N–C) groups is 1. The van der Waals surface area contributed by atoms with E-state index in [0.717, 1.165) is 29.5 Å². The summed E-state index contributed by atoms with van der Waals surface area (Å²) in [5, 5.41) is 2.88.